The zero-order valence-corrected chi connectivity index (χ0v) is 11.0. The normalized spacial score (nSPS) is 29.0. The molecule has 2 atom stereocenters. The van der Waals surface area contributed by atoms with Gasteiger partial charge in [0, 0.05) is 7.11 Å². The molecular weight excluding hydrogens is 224 g/mol. The standard InChI is InChI=1S/C12H20O5/c1-11(2,3)10(14)16-8-6-9(13)17-12(8,4)7-15-5/h8H,6-7H2,1-5H3. The van der Waals surface area contributed by atoms with Crippen molar-refractivity contribution in [2.75, 3.05) is 13.7 Å². The first-order valence-corrected chi connectivity index (χ1v) is 5.61. The molecule has 0 aromatic rings. The summed E-state index contributed by atoms with van der Waals surface area (Å²) in [4.78, 5) is 23.1. The van der Waals surface area contributed by atoms with Crippen molar-refractivity contribution in [1.29, 1.82) is 0 Å². The smallest absolute Gasteiger partial charge is 0.311 e. The van der Waals surface area contributed by atoms with Gasteiger partial charge in [0.1, 0.15) is 0 Å². The van der Waals surface area contributed by atoms with E-state index in [9.17, 15) is 9.59 Å². The first-order valence-electron chi connectivity index (χ1n) is 5.61. The Labute approximate surface area is 101 Å². The molecule has 0 bridgehead atoms. The van der Waals surface area contributed by atoms with Crippen molar-refractivity contribution in [3.63, 3.8) is 0 Å². The molecular formula is C12H20O5. The highest BCUT2D eigenvalue weighted by Gasteiger charge is 2.49. The zero-order chi connectivity index (χ0) is 13.3. The lowest BCUT2D eigenvalue weighted by atomic mass is 9.96. The molecule has 98 valence electrons. The molecule has 0 aromatic carbocycles. The SMILES string of the molecule is COCC1(C)OC(=O)CC1OC(=O)C(C)(C)C. The van der Waals surface area contributed by atoms with E-state index < -0.39 is 17.1 Å². The van der Waals surface area contributed by atoms with Crippen LogP contribution in [0.1, 0.15) is 34.1 Å². The molecule has 2 unspecified atom stereocenters. The minimum absolute atomic E-state index is 0.0850. The van der Waals surface area contributed by atoms with Crippen molar-refractivity contribution in [1.82, 2.24) is 0 Å². The largest absolute Gasteiger partial charge is 0.457 e. The van der Waals surface area contributed by atoms with Crippen molar-refractivity contribution in [3.8, 4) is 0 Å². The molecule has 0 amide bonds. The highest BCUT2D eigenvalue weighted by Crippen LogP contribution is 2.31. The lowest BCUT2D eigenvalue weighted by Crippen LogP contribution is -2.44. The van der Waals surface area contributed by atoms with Crippen LogP contribution in [0.3, 0.4) is 0 Å². The maximum Gasteiger partial charge on any atom is 0.311 e. The molecule has 0 N–H and O–H groups in total. The predicted molar refractivity (Wildman–Crippen MR) is 60.3 cm³/mol. The number of ether oxygens (including phenoxy) is 3. The number of esters is 2. The van der Waals surface area contributed by atoms with Crippen molar-refractivity contribution >= 4 is 11.9 Å². The van der Waals surface area contributed by atoms with Gasteiger partial charge in [-0.15, -0.1) is 0 Å². The quantitative estimate of drug-likeness (QED) is 0.700. The molecule has 1 saturated heterocycles. The fourth-order valence-electron chi connectivity index (χ4n) is 1.62. The van der Waals surface area contributed by atoms with E-state index in [1.807, 2.05) is 0 Å². The maximum absolute atomic E-state index is 11.8. The van der Waals surface area contributed by atoms with Gasteiger partial charge in [0.05, 0.1) is 18.4 Å². The Hall–Kier alpha value is -1.10. The molecule has 5 nitrogen and oxygen atoms in total. The van der Waals surface area contributed by atoms with Crippen LogP contribution in [0.15, 0.2) is 0 Å². The van der Waals surface area contributed by atoms with Crippen molar-refractivity contribution in [3.05, 3.63) is 0 Å². The number of methoxy groups -OCH3 is 1. The Kier molecular flexibility index (Phi) is 3.81. The van der Waals surface area contributed by atoms with Crippen LogP contribution in [-0.2, 0) is 23.8 Å². The molecule has 1 aliphatic heterocycles. The van der Waals surface area contributed by atoms with E-state index in [0.29, 0.717) is 0 Å². The van der Waals surface area contributed by atoms with Gasteiger partial charge in [-0.3, -0.25) is 9.59 Å². The number of hydrogen-bond donors (Lipinski definition) is 0. The van der Waals surface area contributed by atoms with Crippen LogP contribution < -0.4 is 0 Å². The average Bonchev–Trinajstić information content (AvgIpc) is 2.40. The van der Waals surface area contributed by atoms with Crippen molar-refractivity contribution in [2.24, 2.45) is 5.41 Å². The molecule has 0 radical (unpaired) electrons. The summed E-state index contributed by atoms with van der Waals surface area (Å²) in [7, 11) is 1.51. The van der Waals surface area contributed by atoms with E-state index in [1.165, 1.54) is 7.11 Å². The first-order chi connectivity index (χ1) is 7.69. The number of rotatable bonds is 3. The summed E-state index contributed by atoms with van der Waals surface area (Å²) in [6.45, 7) is 7.21. The molecule has 0 aliphatic carbocycles. The first kappa shape index (κ1) is 14.0. The van der Waals surface area contributed by atoms with E-state index in [4.69, 9.17) is 14.2 Å². The summed E-state index contributed by atoms with van der Waals surface area (Å²) in [6, 6.07) is 0. The van der Waals surface area contributed by atoms with E-state index in [2.05, 4.69) is 0 Å². The van der Waals surface area contributed by atoms with E-state index >= 15 is 0 Å². The van der Waals surface area contributed by atoms with E-state index in [0.717, 1.165) is 0 Å². The highest BCUT2D eigenvalue weighted by molar-refractivity contribution is 5.78. The minimum Gasteiger partial charge on any atom is -0.457 e. The summed E-state index contributed by atoms with van der Waals surface area (Å²) in [5, 5.41) is 0. The van der Waals surface area contributed by atoms with Crippen LogP contribution in [0.4, 0.5) is 0 Å². The summed E-state index contributed by atoms with van der Waals surface area (Å²) in [6.07, 6.45) is -0.497. The number of carbonyl (C=O) groups excluding carboxylic acids is 2. The van der Waals surface area contributed by atoms with Crippen molar-refractivity contribution < 1.29 is 23.8 Å². The molecule has 5 heteroatoms. The van der Waals surface area contributed by atoms with E-state index in [-0.39, 0.29) is 25.0 Å². The predicted octanol–water partition coefficient (Wildman–Crippen LogP) is 1.30. The molecule has 1 fully saturated rings. The van der Waals surface area contributed by atoms with Gasteiger partial charge < -0.3 is 14.2 Å². The molecule has 1 heterocycles. The highest BCUT2D eigenvalue weighted by atomic mass is 16.6. The second-order valence-corrected chi connectivity index (χ2v) is 5.57. The second kappa shape index (κ2) is 4.64. The summed E-state index contributed by atoms with van der Waals surface area (Å²) in [5.41, 5.74) is -1.48. The monoisotopic (exact) mass is 244 g/mol. The Morgan fingerprint density at radius 2 is 2.12 bits per heavy atom. The minimum atomic E-state index is -0.882. The van der Waals surface area contributed by atoms with Gasteiger partial charge in [-0.05, 0) is 27.7 Å². The molecule has 1 rings (SSSR count). The van der Waals surface area contributed by atoms with Crippen LogP contribution in [-0.4, -0.2) is 37.4 Å². The number of carbonyl (C=O) groups is 2. The molecule has 0 saturated carbocycles. The van der Waals surface area contributed by atoms with Gasteiger partial charge in [-0.1, -0.05) is 0 Å². The number of cyclic esters (lactones) is 1. The number of hydrogen-bond acceptors (Lipinski definition) is 5. The summed E-state index contributed by atoms with van der Waals surface area (Å²) in [5.74, 6) is -0.709. The van der Waals surface area contributed by atoms with Crippen LogP contribution in [0.25, 0.3) is 0 Å². The van der Waals surface area contributed by atoms with Gasteiger partial charge >= 0.3 is 11.9 Å². The van der Waals surface area contributed by atoms with Crippen LogP contribution in [0.2, 0.25) is 0 Å². The van der Waals surface area contributed by atoms with Crippen LogP contribution >= 0.6 is 0 Å². The Bertz CT molecular complexity index is 317. The Morgan fingerprint density at radius 3 is 2.59 bits per heavy atom. The third-order valence-corrected chi connectivity index (χ3v) is 2.67. The summed E-state index contributed by atoms with van der Waals surface area (Å²) >= 11 is 0. The fourth-order valence-corrected chi connectivity index (χ4v) is 1.62. The van der Waals surface area contributed by atoms with Gasteiger partial charge in [-0.25, -0.2) is 0 Å². The average molecular weight is 244 g/mol. The molecule has 17 heavy (non-hydrogen) atoms. The van der Waals surface area contributed by atoms with Crippen LogP contribution in [0, 0.1) is 5.41 Å². The lowest BCUT2D eigenvalue weighted by Gasteiger charge is -2.30. The van der Waals surface area contributed by atoms with Gasteiger partial charge in [0.15, 0.2) is 11.7 Å². The molecule has 0 aromatic heterocycles. The zero-order valence-electron chi connectivity index (χ0n) is 11.0. The van der Waals surface area contributed by atoms with Gasteiger partial charge in [0.25, 0.3) is 0 Å². The van der Waals surface area contributed by atoms with Crippen molar-refractivity contribution in [2.45, 2.75) is 45.8 Å². The van der Waals surface area contributed by atoms with Crippen LogP contribution in [0.5, 0.6) is 0 Å². The summed E-state index contributed by atoms with van der Waals surface area (Å²) < 4.78 is 15.5. The second-order valence-electron chi connectivity index (χ2n) is 5.57. The Balaban J connectivity index is 2.75. The molecule has 0 spiro atoms. The van der Waals surface area contributed by atoms with Gasteiger partial charge in [0.2, 0.25) is 0 Å². The third-order valence-electron chi connectivity index (χ3n) is 2.67. The molecule has 1 aliphatic rings. The fraction of sp³-hybridized carbons (Fsp3) is 0.833. The lowest BCUT2D eigenvalue weighted by molar-refractivity contribution is -0.174. The van der Waals surface area contributed by atoms with Gasteiger partial charge in [-0.2, -0.15) is 0 Å². The Morgan fingerprint density at radius 1 is 1.53 bits per heavy atom. The topological polar surface area (TPSA) is 61.8 Å². The third kappa shape index (κ3) is 3.19. The maximum atomic E-state index is 11.8. The van der Waals surface area contributed by atoms with E-state index in [1.54, 1.807) is 27.7 Å².